The molecule has 0 radical (unpaired) electrons. The minimum absolute atomic E-state index is 0.620. The second-order valence-corrected chi connectivity index (χ2v) is 5.78. The Morgan fingerprint density at radius 2 is 1.63 bits per heavy atom. The molecule has 0 amide bonds. The van der Waals surface area contributed by atoms with Crippen molar-refractivity contribution >= 4 is 5.69 Å². The van der Waals surface area contributed by atoms with Gasteiger partial charge in [-0.25, -0.2) is 0 Å². The van der Waals surface area contributed by atoms with Gasteiger partial charge < -0.3 is 5.73 Å². The molecule has 0 heterocycles. The van der Waals surface area contributed by atoms with E-state index in [4.69, 9.17) is 5.73 Å². The number of hydrogen-bond acceptors (Lipinski definition) is 1. The van der Waals surface area contributed by atoms with Crippen LogP contribution in [0.2, 0.25) is 0 Å². The van der Waals surface area contributed by atoms with Gasteiger partial charge in [0.1, 0.15) is 0 Å². The van der Waals surface area contributed by atoms with Crippen LogP contribution in [-0.4, -0.2) is 0 Å². The molecule has 0 aliphatic carbocycles. The van der Waals surface area contributed by atoms with Crippen LogP contribution < -0.4 is 5.73 Å². The van der Waals surface area contributed by atoms with Gasteiger partial charge in [0.05, 0.1) is 0 Å². The van der Waals surface area contributed by atoms with Gasteiger partial charge >= 0.3 is 0 Å². The van der Waals surface area contributed by atoms with Crippen LogP contribution in [0.15, 0.2) is 36.4 Å². The first-order valence-corrected chi connectivity index (χ1v) is 6.94. The van der Waals surface area contributed by atoms with Crippen molar-refractivity contribution in [1.29, 1.82) is 0 Å². The molecule has 1 nitrogen and oxygen atoms in total. The van der Waals surface area contributed by atoms with E-state index in [1.54, 1.807) is 0 Å². The highest BCUT2D eigenvalue weighted by atomic mass is 14.6. The van der Waals surface area contributed by atoms with Gasteiger partial charge in [0.15, 0.2) is 0 Å². The molecule has 0 aliphatic heterocycles. The Balaban J connectivity index is 2.55. The molecule has 2 aromatic rings. The zero-order valence-corrected chi connectivity index (χ0v) is 12.3. The van der Waals surface area contributed by atoms with E-state index in [2.05, 4.69) is 64.1 Å². The Hall–Kier alpha value is -1.76. The molecule has 0 unspecified atom stereocenters. The van der Waals surface area contributed by atoms with Crippen molar-refractivity contribution in [2.24, 2.45) is 5.92 Å². The number of rotatable bonds is 3. The Bertz CT molecular complexity index is 582. The van der Waals surface area contributed by atoms with Gasteiger partial charge in [0, 0.05) is 5.69 Å². The summed E-state index contributed by atoms with van der Waals surface area (Å²) in [6.07, 6.45) is 1.03. The number of hydrogen-bond donors (Lipinski definition) is 1. The first kappa shape index (κ1) is 13.7. The highest BCUT2D eigenvalue weighted by Crippen LogP contribution is 2.31. The fraction of sp³-hybridized carbons (Fsp3) is 0.333. The Kier molecular flexibility index (Phi) is 3.94. The molecule has 2 rings (SSSR count). The van der Waals surface area contributed by atoms with Gasteiger partial charge in [-0.15, -0.1) is 0 Å². The summed E-state index contributed by atoms with van der Waals surface area (Å²) < 4.78 is 0. The summed E-state index contributed by atoms with van der Waals surface area (Å²) in [4.78, 5) is 0. The van der Waals surface area contributed by atoms with Crippen LogP contribution in [0.5, 0.6) is 0 Å². The van der Waals surface area contributed by atoms with E-state index in [9.17, 15) is 0 Å². The van der Waals surface area contributed by atoms with Crippen LogP contribution in [0.4, 0.5) is 5.69 Å². The smallest absolute Gasteiger partial charge is 0.0349 e. The summed E-state index contributed by atoms with van der Waals surface area (Å²) >= 11 is 0. The summed E-state index contributed by atoms with van der Waals surface area (Å²) in [6, 6.07) is 12.9. The molecule has 0 aromatic heterocycles. The average Bonchev–Trinajstić information content (AvgIpc) is 2.33. The molecule has 0 aliphatic rings. The number of anilines is 1. The number of nitrogens with two attached hydrogens (primary N) is 1. The average molecular weight is 253 g/mol. The molecule has 19 heavy (non-hydrogen) atoms. The lowest BCUT2D eigenvalue weighted by atomic mass is 9.91. The quantitative estimate of drug-likeness (QED) is 0.785. The molecule has 0 saturated heterocycles. The third-order valence-corrected chi connectivity index (χ3v) is 3.55. The van der Waals surface area contributed by atoms with Gasteiger partial charge in [-0.2, -0.15) is 0 Å². The van der Waals surface area contributed by atoms with Gasteiger partial charge in [0.25, 0.3) is 0 Å². The van der Waals surface area contributed by atoms with Gasteiger partial charge in [0.2, 0.25) is 0 Å². The molecule has 0 atom stereocenters. The van der Waals surface area contributed by atoms with Gasteiger partial charge in [-0.1, -0.05) is 38.1 Å². The molecule has 2 aromatic carbocycles. The molecule has 0 saturated carbocycles. The summed E-state index contributed by atoms with van der Waals surface area (Å²) in [5.41, 5.74) is 13.5. The van der Waals surface area contributed by atoms with Crippen molar-refractivity contribution in [1.82, 2.24) is 0 Å². The number of nitrogen functional groups attached to an aromatic ring is 1. The first-order valence-electron chi connectivity index (χ1n) is 6.94. The maximum absolute atomic E-state index is 6.15. The topological polar surface area (TPSA) is 26.0 Å². The number of aryl methyl sites for hydroxylation is 2. The molecule has 0 fully saturated rings. The molecule has 1 heteroatoms. The third kappa shape index (κ3) is 2.98. The van der Waals surface area contributed by atoms with E-state index in [1.807, 2.05) is 0 Å². The fourth-order valence-electron chi connectivity index (χ4n) is 2.56. The molecule has 0 bridgehead atoms. The molecule has 2 N–H and O–H groups in total. The number of benzene rings is 2. The summed E-state index contributed by atoms with van der Waals surface area (Å²) in [5, 5.41) is 0. The normalized spacial score (nSPS) is 11.0. The zero-order chi connectivity index (χ0) is 14.0. The van der Waals surface area contributed by atoms with Crippen molar-refractivity contribution < 1.29 is 0 Å². The van der Waals surface area contributed by atoms with Crippen molar-refractivity contribution in [3.8, 4) is 11.1 Å². The SMILES string of the molecule is Cc1ccccc1-c1cc(CC(C)C)c(N)cc1C. The van der Waals surface area contributed by atoms with E-state index < -0.39 is 0 Å². The summed E-state index contributed by atoms with van der Waals surface area (Å²) in [6.45, 7) is 8.75. The minimum atomic E-state index is 0.620. The maximum atomic E-state index is 6.15. The van der Waals surface area contributed by atoms with Crippen LogP contribution in [0.25, 0.3) is 11.1 Å². The van der Waals surface area contributed by atoms with Crippen LogP contribution >= 0.6 is 0 Å². The second kappa shape index (κ2) is 5.48. The monoisotopic (exact) mass is 253 g/mol. The van der Waals surface area contributed by atoms with Gasteiger partial charge in [-0.3, -0.25) is 0 Å². The summed E-state index contributed by atoms with van der Waals surface area (Å²) in [5.74, 6) is 0.620. The lowest BCUT2D eigenvalue weighted by molar-refractivity contribution is 0.648. The van der Waals surface area contributed by atoms with Crippen molar-refractivity contribution in [2.75, 3.05) is 5.73 Å². The maximum Gasteiger partial charge on any atom is 0.0349 e. The predicted molar refractivity (Wildman–Crippen MR) is 84.3 cm³/mol. The van der Waals surface area contributed by atoms with Crippen LogP contribution in [0.3, 0.4) is 0 Å². The zero-order valence-electron chi connectivity index (χ0n) is 12.3. The highest BCUT2D eigenvalue weighted by molar-refractivity contribution is 5.74. The van der Waals surface area contributed by atoms with E-state index in [0.29, 0.717) is 5.92 Å². The lowest BCUT2D eigenvalue weighted by Crippen LogP contribution is -2.01. The predicted octanol–water partition coefficient (Wildman–Crippen LogP) is 4.75. The van der Waals surface area contributed by atoms with E-state index in [1.165, 1.54) is 27.8 Å². The largest absolute Gasteiger partial charge is 0.398 e. The minimum Gasteiger partial charge on any atom is -0.398 e. The molecule has 0 spiro atoms. The fourth-order valence-corrected chi connectivity index (χ4v) is 2.56. The lowest BCUT2D eigenvalue weighted by Gasteiger charge is -2.15. The highest BCUT2D eigenvalue weighted by Gasteiger charge is 2.10. The van der Waals surface area contributed by atoms with Crippen molar-refractivity contribution in [2.45, 2.75) is 34.1 Å². The van der Waals surface area contributed by atoms with Crippen LogP contribution in [0.1, 0.15) is 30.5 Å². The molecular weight excluding hydrogens is 230 g/mol. The molecular formula is C18H23N. The Labute approximate surface area is 116 Å². The third-order valence-electron chi connectivity index (χ3n) is 3.55. The van der Waals surface area contributed by atoms with Crippen LogP contribution in [-0.2, 0) is 6.42 Å². The second-order valence-electron chi connectivity index (χ2n) is 5.78. The van der Waals surface area contributed by atoms with E-state index in [-0.39, 0.29) is 0 Å². The summed E-state index contributed by atoms with van der Waals surface area (Å²) in [7, 11) is 0. The van der Waals surface area contributed by atoms with Crippen molar-refractivity contribution in [3.05, 3.63) is 53.1 Å². The van der Waals surface area contributed by atoms with E-state index in [0.717, 1.165) is 12.1 Å². The Morgan fingerprint density at radius 1 is 0.947 bits per heavy atom. The van der Waals surface area contributed by atoms with Gasteiger partial charge in [-0.05, 0) is 66.1 Å². The first-order chi connectivity index (χ1) is 8.99. The standard InChI is InChI=1S/C18H23N/c1-12(2)9-15-11-17(14(4)10-18(15)19)16-8-6-5-7-13(16)3/h5-8,10-12H,9,19H2,1-4H3. The Morgan fingerprint density at radius 3 is 2.26 bits per heavy atom. The molecule has 100 valence electrons. The van der Waals surface area contributed by atoms with Crippen molar-refractivity contribution in [3.63, 3.8) is 0 Å². The van der Waals surface area contributed by atoms with E-state index >= 15 is 0 Å². The van der Waals surface area contributed by atoms with Crippen LogP contribution in [0, 0.1) is 19.8 Å².